The van der Waals surface area contributed by atoms with Gasteiger partial charge in [0.15, 0.2) is 5.82 Å². The topological polar surface area (TPSA) is 57.4 Å². The molecule has 0 saturated carbocycles. The highest BCUT2D eigenvalue weighted by Crippen LogP contribution is 2.43. The zero-order valence-corrected chi connectivity index (χ0v) is 19.1. The van der Waals surface area contributed by atoms with Gasteiger partial charge in [0.05, 0.1) is 17.1 Å². The maximum Gasteiger partial charge on any atom is 0.152 e. The van der Waals surface area contributed by atoms with Gasteiger partial charge in [0.25, 0.3) is 0 Å². The van der Waals surface area contributed by atoms with Crippen LogP contribution in [0.1, 0.15) is 24.8 Å². The van der Waals surface area contributed by atoms with E-state index in [0.29, 0.717) is 0 Å². The van der Waals surface area contributed by atoms with Crippen LogP contribution in [0.3, 0.4) is 0 Å². The molecular weight excluding hydrogens is 414 g/mol. The van der Waals surface area contributed by atoms with E-state index in [1.807, 2.05) is 17.4 Å². The number of fused-ring (bicyclic) bond motifs is 2. The molecule has 0 radical (unpaired) electrons. The van der Waals surface area contributed by atoms with Crippen molar-refractivity contribution in [3.63, 3.8) is 0 Å². The monoisotopic (exact) mass is 441 g/mol. The van der Waals surface area contributed by atoms with Crippen LogP contribution in [0.4, 0.5) is 17.2 Å². The number of nitrogen functional groups attached to an aromatic ring is 1. The van der Waals surface area contributed by atoms with Crippen LogP contribution in [0.2, 0.25) is 0 Å². The molecule has 162 valence electrons. The molecule has 6 rings (SSSR count). The molecule has 0 unspecified atom stereocenters. The Hall–Kier alpha value is -3.09. The molecule has 4 heterocycles. The predicted molar refractivity (Wildman–Crippen MR) is 136 cm³/mol. The largest absolute Gasteiger partial charge is 0.396 e. The third-order valence-corrected chi connectivity index (χ3v) is 7.63. The van der Waals surface area contributed by atoms with Crippen molar-refractivity contribution in [2.45, 2.75) is 25.8 Å². The number of hydrogen-bond acceptors (Lipinski definition) is 6. The van der Waals surface area contributed by atoms with Gasteiger partial charge >= 0.3 is 0 Å². The van der Waals surface area contributed by atoms with E-state index in [9.17, 15) is 0 Å². The fraction of sp³-hybridized carbons (Fsp3) is 0.269. The fourth-order valence-corrected chi connectivity index (χ4v) is 5.97. The number of nitrogens with zero attached hydrogens (tertiary/aromatic N) is 3. The van der Waals surface area contributed by atoms with Crippen molar-refractivity contribution in [3.8, 4) is 21.7 Å². The Morgan fingerprint density at radius 3 is 2.69 bits per heavy atom. The van der Waals surface area contributed by atoms with E-state index in [0.717, 1.165) is 42.4 Å². The molecule has 32 heavy (non-hydrogen) atoms. The van der Waals surface area contributed by atoms with Gasteiger partial charge in [-0.2, -0.15) is 0 Å². The third-order valence-electron chi connectivity index (χ3n) is 6.48. The fourth-order valence-electron chi connectivity index (χ4n) is 4.88. The second-order valence-electron chi connectivity index (χ2n) is 8.83. The van der Waals surface area contributed by atoms with Crippen LogP contribution in [0.25, 0.3) is 31.8 Å². The van der Waals surface area contributed by atoms with Crippen LogP contribution >= 0.6 is 11.3 Å². The number of anilines is 3. The molecule has 1 fully saturated rings. The first-order valence-corrected chi connectivity index (χ1v) is 12.1. The van der Waals surface area contributed by atoms with E-state index < -0.39 is 0 Å². The average molecular weight is 442 g/mol. The number of piperidine rings is 1. The van der Waals surface area contributed by atoms with Gasteiger partial charge in [-0.3, -0.25) is 0 Å². The van der Waals surface area contributed by atoms with Gasteiger partial charge in [0.2, 0.25) is 0 Å². The Balaban J connectivity index is 1.48. The van der Waals surface area contributed by atoms with Gasteiger partial charge in [-0.05, 0) is 66.6 Å². The van der Waals surface area contributed by atoms with Gasteiger partial charge in [-0.25, -0.2) is 9.99 Å². The smallest absolute Gasteiger partial charge is 0.152 e. The Morgan fingerprint density at radius 2 is 1.84 bits per heavy atom. The van der Waals surface area contributed by atoms with Crippen molar-refractivity contribution >= 4 is 38.6 Å². The normalized spacial score (nSPS) is 16.3. The molecule has 0 spiro atoms. The quantitative estimate of drug-likeness (QED) is 0.410. The number of rotatable bonds is 3. The van der Waals surface area contributed by atoms with Gasteiger partial charge in [0.1, 0.15) is 0 Å². The molecule has 2 aromatic heterocycles. The number of hydrogen-bond donors (Lipinski definition) is 2. The highest BCUT2D eigenvalue weighted by atomic mass is 32.1. The summed E-state index contributed by atoms with van der Waals surface area (Å²) in [4.78, 5) is 8.68. The van der Waals surface area contributed by atoms with Crippen LogP contribution in [-0.2, 0) is 6.54 Å². The summed E-state index contributed by atoms with van der Waals surface area (Å²) in [6.45, 7) is 2.94. The van der Waals surface area contributed by atoms with Gasteiger partial charge in [-0.1, -0.05) is 18.2 Å². The lowest BCUT2D eigenvalue weighted by Crippen LogP contribution is -2.30. The zero-order valence-electron chi connectivity index (χ0n) is 18.3. The molecule has 4 aromatic rings. The number of thiophene rings is 1. The Kier molecular flexibility index (Phi) is 4.77. The first-order chi connectivity index (χ1) is 15.7. The summed E-state index contributed by atoms with van der Waals surface area (Å²) < 4.78 is 1.31. The maximum absolute atomic E-state index is 6.35. The summed E-state index contributed by atoms with van der Waals surface area (Å²) in [5, 5.41) is 3.43. The summed E-state index contributed by atoms with van der Waals surface area (Å²) in [7, 11) is 2.09. The molecule has 1 saturated heterocycles. The van der Waals surface area contributed by atoms with Crippen molar-refractivity contribution in [1.29, 1.82) is 0 Å². The standard InChI is InChI=1S/C26H27N5S/c1-30-16-19-13-18(22-10-9-21(27)26(28-22)31-11-5-2-6-12-31)14-20(25(19)29-30)24-15-17-7-3-4-8-23(17)32-24/h3-4,7-10,13-15,29H,2,5-6,11-12,16,27H2,1H3. The summed E-state index contributed by atoms with van der Waals surface area (Å²) in [6.07, 6.45) is 3.70. The Labute approximate surface area is 192 Å². The first kappa shape index (κ1) is 19.6. The molecule has 0 aliphatic carbocycles. The highest BCUT2D eigenvalue weighted by molar-refractivity contribution is 7.22. The van der Waals surface area contributed by atoms with Gasteiger partial charge in [0, 0.05) is 47.4 Å². The minimum atomic E-state index is 0.767. The van der Waals surface area contributed by atoms with E-state index in [2.05, 4.69) is 70.9 Å². The van der Waals surface area contributed by atoms with Crippen molar-refractivity contribution in [2.24, 2.45) is 0 Å². The van der Waals surface area contributed by atoms with Crippen molar-refractivity contribution in [1.82, 2.24) is 9.99 Å². The molecule has 2 aromatic carbocycles. The molecule has 0 amide bonds. The molecule has 6 heteroatoms. The molecule has 0 atom stereocenters. The second kappa shape index (κ2) is 7.80. The predicted octanol–water partition coefficient (Wildman–Crippen LogP) is 5.98. The molecule has 5 nitrogen and oxygen atoms in total. The van der Waals surface area contributed by atoms with Crippen LogP contribution in [0, 0.1) is 0 Å². The third kappa shape index (κ3) is 3.40. The van der Waals surface area contributed by atoms with Crippen molar-refractivity contribution in [3.05, 3.63) is 60.2 Å². The highest BCUT2D eigenvalue weighted by Gasteiger charge is 2.23. The summed E-state index contributed by atoms with van der Waals surface area (Å²) in [5.41, 5.74) is 16.5. The van der Waals surface area contributed by atoms with E-state index in [1.165, 1.54) is 51.0 Å². The van der Waals surface area contributed by atoms with Crippen molar-refractivity contribution < 1.29 is 0 Å². The summed E-state index contributed by atoms with van der Waals surface area (Å²) >= 11 is 1.84. The number of nitrogens with two attached hydrogens (primary N) is 1. The van der Waals surface area contributed by atoms with Crippen LogP contribution in [0.5, 0.6) is 0 Å². The van der Waals surface area contributed by atoms with E-state index in [4.69, 9.17) is 10.7 Å². The van der Waals surface area contributed by atoms with E-state index in [1.54, 1.807) is 0 Å². The van der Waals surface area contributed by atoms with E-state index >= 15 is 0 Å². The number of hydrazine groups is 1. The summed E-state index contributed by atoms with van der Waals surface area (Å²) in [6, 6.07) is 19.5. The number of benzene rings is 2. The lowest BCUT2D eigenvalue weighted by molar-refractivity contribution is 0.422. The van der Waals surface area contributed by atoms with Gasteiger partial charge < -0.3 is 16.1 Å². The number of aromatic nitrogens is 1. The second-order valence-corrected chi connectivity index (χ2v) is 9.92. The molecule has 0 bridgehead atoms. The SMILES string of the molecule is CN1Cc2cc(-c3ccc(N)c(N4CCCCC4)n3)cc(-c3cc4ccccc4s3)c2N1. The lowest BCUT2D eigenvalue weighted by Gasteiger charge is -2.29. The number of pyridine rings is 1. The summed E-state index contributed by atoms with van der Waals surface area (Å²) in [5.74, 6) is 0.932. The minimum Gasteiger partial charge on any atom is -0.396 e. The van der Waals surface area contributed by atoms with Crippen molar-refractivity contribution in [2.75, 3.05) is 36.2 Å². The maximum atomic E-state index is 6.35. The van der Waals surface area contributed by atoms with Gasteiger partial charge in [-0.15, -0.1) is 11.3 Å². The number of nitrogens with one attached hydrogen (secondary N) is 1. The van der Waals surface area contributed by atoms with Crippen LogP contribution in [0.15, 0.2) is 54.6 Å². The lowest BCUT2D eigenvalue weighted by atomic mass is 9.99. The first-order valence-electron chi connectivity index (χ1n) is 11.3. The minimum absolute atomic E-state index is 0.767. The average Bonchev–Trinajstić information content (AvgIpc) is 3.42. The van der Waals surface area contributed by atoms with Crippen LogP contribution < -0.4 is 16.1 Å². The molecule has 2 aliphatic heterocycles. The van der Waals surface area contributed by atoms with E-state index in [-0.39, 0.29) is 0 Å². The molecule has 2 aliphatic rings. The molecule has 3 N–H and O–H groups in total. The van der Waals surface area contributed by atoms with Crippen LogP contribution in [-0.4, -0.2) is 30.1 Å². The molecular formula is C26H27N5S. The Bertz CT molecular complexity index is 1270. The zero-order chi connectivity index (χ0) is 21.7. The Morgan fingerprint density at radius 1 is 1.00 bits per heavy atom.